The van der Waals surface area contributed by atoms with E-state index in [2.05, 4.69) is 15.3 Å². The fourth-order valence-electron chi connectivity index (χ4n) is 2.66. The molecule has 0 saturated carbocycles. The molecule has 0 unspecified atom stereocenters. The predicted octanol–water partition coefficient (Wildman–Crippen LogP) is 5.31. The van der Waals surface area contributed by atoms with Crippen LogP contribution >= 0.6 is 34.4 Å². The molecule has 4 rings (SSSR count). The summed E-state index contributed by atoms with van der Waals surface area (Å²) < 4.78 is 13.2. The molecule has 2 heterocycles. The first-order valence-corrected chi connectivity index (χ1v) is 11.6. The van der Waals surface area contributed by atoms with Crippen LogP contribution in [0, 0.1) is 0 Å². The summed E-state index contributed by atoms with van der Waals surface area (Å²) in [4.78, 5) is 21.4. The third kappa shape index (κ3) is 4.52. The van der Waals surface area contributed by atoms with Crippen LogP contribution in [0.2, 0.25) is 0 Å². The Morgan fingerprint density at radius 1 is 1.21 bits per heavy atom. The molecule has 148 valence electrons. The first kappa shape index (κ1) is 19.7. The van der Waals surface area contributed by atoms with Crippen LogP contribution in [0.4, 0.5) is 5.69 Å². The largest absolute Gasteiger partial charge is 0.493 e. The van der Waals surface area contributed by atoms with Crippen molar-refractivity contribution in [3.63, 3.8) is 0 Å². The van der Waals surface area contributed by atoms with Gasteiger partial charge in [0.1, 0.15) is 6.61 Å². The number of methoxy groups -OCH3 is 1. The number of nitrogens with zero attached hydrogens (tertiary/aromatic N) is 2. The molecule has 0 bridgehead atoms. The van der Waals surface area contributed by atoms with Gasteiger partial charge in [-0.1, -0.05) is 11.8 Å². The van der Waals surface area contributed by atoms with Gasteiger partial charge in [0.15, 0.2) is 15.8 Å². The van der Waals surface area contributed by atoms with Crippen molar-refractivity contribution in [3.8, 4) is 11.5 Å². The molecule has 0 spiro atoms. The lowest BCUT2D eigenvalue weighted by Crippen LogP contribution is -2.12. The second kappa shape index (κ2) is 8.81. The third-order valence-electron chi connectivity index (χ3n) is 4.09. The number of ether oxygens (including phenoxy) is 2. The maximum absolute atomic E-state index is 12.7. The summed E-state index contributed by atoms with van der Waals surface area (Å²) in [6.45, 7) is 0.346. The monoisotopic (exact) mass is 443 g/mol. The van der Waals surface area contributed by atoms with Crippen molar-refractivity contribution in [1.29, 1.82) is 0 Å². The molecule has 0 atom stereocenters. The van der Waals surface area contributed by atoms with E-state index in [1.807, 2.05) is 29.8 Å². The van der Waals surface area contributed by atoms with Crippen LogP contribution in [0.5, 0.6) is 11.5 Å². The first-order chi connectivity index (χ1) is 14.2. The number of fused-ring (bicyclic) bond motifs is 1. The zero-order chi connectivity index (χ0) is 20.2. The normalized spacial score (nSPS) is 10.8. The van der Waals surface area contributed by atoms with Crippen molar-refractivity contribution < 1.29 is 14.3 Å². The predicted molar refractivity (Wildman–Crippen MR) is 119 cm³/mol. The smallest absolute Gasteiger partial charge is 0.255 e. The Hall–Kier alpha value is -2.62. The second-order valence-electron chi connectivity index (χ2n) is 5.95. The number of thioether (sulfide) groups is 1. The van der Waals surface area contributed by atoms with Crippen LogP contribution in [0.1, 0.15) is 16.1 Å². The lowest BCUT2D eigenvalue weighted by atomic mass is 10.1. The Bertz CT molecular complexity index is 1140. The fourth-order valence-corrected chi connectivity index (χ4v) is 4.73. The molecule has 9 heteroatoms. The van der Waals surface area contributed by atoms with Gasteiger partial charge in [-0.25, -0.2) is 9.97 Å². The van der Waals surface area contributed by atoms with Crippen LogP contribution in [-0.2, 0) is 6.61 Å². The fraction of sp³-hybridized carbons (Fsp3) is 0.150. The summed E-state index contributed by atoms with van der Waals surface area (Å²) in [6.07, 6.45) is 2.00. The van der Waals surface area contributed by atoms with Crippen molar-refractivity contribution in [3.05, 3.63) is 58.5 Å². The maximum Gasteiger partial charge on any atom is 0.255 e. The maximum atomic E-state index is 12.7. The number of thiazole rings is 2. The molecule has 2 aromatic heterocycles. The highest BCUT2D eigenvalue weighted by molar-refractivity contribution is 8.00. The summed E-state index contributed by atoms with van der Waals surface area (Å²) in [7, 11) is 1.55. The highest BCUT2D eigenvalue weighted by Crippen LogP contribution is 2.31. The molecule has 6 nitrogen and oxygen atoms in total. The Labute approximate surface area is 179 Å². The number of carbonyl (C=O) groups is 1. The van der Waals surface area contributed by atoms with E-state index in [0.29, 0.717) is 23.7 Å². The van der Waals surface area contributed by atoms with Gasteiger partial charge in [0.05, 0.1) is 28.5 Å². The Balaban J connectivity index is 1.49. The summed E-state index contributed by atoms with van der Waals surface area (Å²) in [5, 5.41) is 4.86. The van der Waals surface area contributed by atoms with Crippen molar-refractivity contribution in [2.45, 2.75) is 10.9 Å². The SMILES string of the molecule is COc1cc(C(=O)Nc2ccc3nc(SC)sc3c2)ccc1OCc1cscn1. The van der Waals surface area contributed by atoms with Gasteiger partial charge in [0.25, 0.3) is 5.91 Å². The first-order valence-electron chi connectivity index (χ1n) is 8.60. The summed E-state index contributed by atoms with van der Waals surface area (Å²) >= 11 is 4.73. The number of carbonyl (C=O) groups excluding carboxylic acids is 1. The molecular weight excluding hydrogens is 426 g/mol. The van der Waals surface area contributed by atoms with E-state index in [4.69, 9.17) is 9.47 Å². The Morgan fingerprint density at radius 2 is 2.10 bits per heavy atom. The van der Waals surface area contributed by atoms with Crippen molar-refractivity contribution >= 4 is 56.2 Å². The van der Waals surface area contributed by atoms with Gasteiger partial charge in [-0.15, -0.1) is 22.7 Å². The van der Waals surface area contributed by atoms with Crippen LogP contribution in [-0.4, -0.2) is 29.2 Å². The van der Waals surface area contributed by atoms with E-state index in [9.17, 15) is 4.79 Å². The summed E-state index contributed by atoms with van der Waals surface area (Å²) in [5.41, 5.74) is 4.75. The molecule has 1 N–H and O–H groups in total. The molecule has 0 aliphatic heterocycles. The number of hydrogen-bond acceptors (Lipinski definition) is 8. The van der Waals surface area contributed by atoms with E-state index in [1.165, 1.54) is 11.3 Å². The number of aromatic nitrogens is 2. The molecule has 0 aliphatic carbocycles. The van der Waals surface area contributed by atoms with Gasteiger partial charge in [-0.05, 0) is 42.7 Å². The van der Waals surface area contributed by atoms with E-state index < -0.39 is 0 Å². The Morgan fingerprint density at radius 3 is 2.86 bits per heavy atom. The van der Waals surface area contributed by atoms with Gasteiger partial charge >= 0.3 is 0 Å². The van der Waals surface area contributed by atoms with Crippen molar-refractivity contribution in [2.24, 2.45) is 0 Å². The van der Waals surface area contributed by atoms with Crippen molar-refractivity contribution in [2.75, 3.05) is 18.7 Å². The minimum Gasteiger partial charge on any atom is -0.493 e. The highest BCUT2D eigenvalue weighted by atomic mass is 32.2. The van der Waals surface area contributed by atoms with Crippen LogP contribution in [0.3, 0.4) is 0 Å². The van der Waals surface area contributed by atoms with Crippen molar-refractivity contribution in [1.82, 2.24) is 9.97 Å². The number of benzene rings is 2. The number of hydrogen-bond donors (Lipinski definition) is 1. The topological polar surface area (TPSA) is 73.3 Å². The van der Waals surface area contributed by atoms with Gasteiger partial charge in [-0.3, -0.25) is 4.79 Å². The van der Waals surface area contributed by atoms with Crippen LogP contribution in [0.25, 0.3) is 10.2 Å². The number of nitrogens with one attached hydrogen (secondary N) is 1. The number of rotatable bonds is 7. The average molecular weight is 444 g/mol. The molecule has 0 radical (unpaired) electrons. The zero-order valence-electron chi connectivity index (χ0n) is 15.7. The number of anilines is 1. The minimum absolute atomic E-state index is 0.219. The van der Waals surface area contributed by atoms with E-state index in [1.54, 1.807) is 53.9 Å². The third-order valence-corrected chi connectivity index (χ3v) is 6.72. The second-order valence-corrected chi connectivity index (χ2v) is 8.76. The summed E-state index contributed by atoms with van der Waals surface area (Å²) in [6, 6.07) is 10.8. The zero-order valence-corrected chi connectivity index (χ0v) is 18.1. The van der Waals surface area contributed by atoms with E-state index in [0.717, 1.165) is 25.9 Å². The average Bonchev–Trinajstić information content (AvgIpc) is 3.41. The molecule has 1 amide bonds. The molecule has 2 aromatic carbocycles. The number of amides is 1. The van der Waals surface area contributed by atoms with Crippen LogP contribution < -0.4 is 14.8 Å². The van der Waals surface area contributed by atoms with Gasteiger partial charge in [0.2, 0.25) is 0 Å². The standard InChI is InChI=1S/C20H17N3O3S3/c1-25-17-7-12(3-6-16(17)26-9-14-10-28-11-21-14)19(24)22-13-4-5-15-18(8-13)29-20(23-15)27-2/h3-8,10-11H,9H2,1-2H3,(H,22,24). The van der Waals surface area contributed by atoms with E-state index in [-0.39, 0.29) is 5.91 Å². The quantitative estimate of drug-likeness (QED) is 0.390. The van der Waals surface area contributed by atoms with Gasteiger partial charge in [0, 0.05) is 16.6 Å². The molecule has 0 fully saturated rings. The lowest BCUT2D eigenvalue weighted by Gasteiger charge is -2.12. The molecule has 29 heavy (non-hydrogen) atoms. The summed E-state index contributed by atoms with van der Waals surface area (Å²) in [5.74, 6) is 0.839. The lowest BCUT2D eigenvalue weighted by molar-refractivity contribution is 0.102. The molecule has 0 saturated heterocycles. The molecular formula is C20H17N3O3S3. The Kier molecular flexibility index (Phi) is 5.98. The van der Waals surface area contributed by atoms with Gasteiger partial charge < -0.3 is 14.8 Å². The van der Waals surface area contributed by atoms with E-state index >= 15 is 0 Å². The molecule has 4 aromatic rings. The van der Waals surface area contributed by atoms with Crippen LogP contribution in [0.15, 0.2) is 51.6 Å². The molecule has 0 aliphatic rings. The minimum atomic E-state index is -0.219. The van der Waals surface area contributed by atoms with Gasteiger partial charge in [-0.2, -0.15) is 0 Å². The highest BCUT2D eigenvalue weighted by Gasteiger charge is 2.13.